The van der Waals surface area contributed by atoms with Gasteiger partial charge in [0.15, 0.2) is 5.96 Å². The average Bonchev–Trinajstić information content (AvgIpc) is 3.12. The van der Waals surface area contributed by atoms with Gasteiger partial charge in [-0.1, -0.05) is 13.8 Å². The number of nitrogens with zero attached hydrogens (tertiary/aromatic N) is 4. The van der Waals surface area contributed by atoms with Gasteiger partial charge in [0.1, 0.15) is 0 Å². The topological polar surface area (TPSA) is 67.1 Å². The highest BCUT2D eigenvalue weighted by molar-refractivity contribution is 7.09. The summed E-state index contributed by atoms with van der Waals surface area (Å²) in [5, 5.41) is 14.1. The second-order valence-corrected chi connectivity index (χ2v) is 6.27. The molecule has 0 aromatic carbocycles. The van der Waals surface area contributed by atoms with Gasteiger partial charge in [0.25, 0.3) is 0 Å². The Balaban J connectivity index is 1.75. The SMILES string of the molecule is CN=C(NCCc1csc(C(C)C)n1)NCc1ccnn1C. The maximum atomic E-state index is 4.64. The van der Waals surface area contributed by atoms with Crippen LogP contribution in [-0.4, -0.2) is 34.3 Å². The zero-order valence-electron chi connectivity index (χ0n) is 13.6. The molecule has 0 radical (unpaired) electrons. The lowest BCUT2D eigenvalue weighted by atomic mass is 10.2. The van der Waals surface area contributed by atoms with E-state index in [9.17, 15) is 0 Å². The van der Waals surface area contributed by atoms with E-state index in [1.165, 1.54) is 5.01 Å². The molecule has 0 bridgehead atoms. The Bertz CT molecular complexity index is 613. The first-order chi connectivity index (χ1) is 10.6. The number of hydrogen-bond donors (Lipinski definition) is 2. The van der Waals surface area contributed by atoms with E-state index < -0.39 is 0 Å². The molecule has 2 rings (SSSR count). The third-order valence-corrected chi connectivity index (χ3v) is 4.51. The first-order valence-corrected chi connectivity index (χ1v) is 8.33. The minimum absolute atomic E-state index is 0.500. The summed E-state index contributed by atoms with van der Waals surface area (Å²) in [6, 6.07) is 1.99. The van der Waals surface area contributed by atoms with Crippen molar-refractivity contribution in [3.8, 4) is 0 Å². The summed E-state index contributed by atoms with van der Waals surface area (Å²) < 4.78 is 1.85. The van der Waals surface area contributed by atoms with Crippen LogP contribution in [0.15, 0.2) is 22.6 Å². The average molecular weight is 320 g/mol. The highest BCUT2D eigenvalue weighted by Gasteiger charge is 2.06. The Labute approximate surface area is 135 Å². The van der Waals surface area contributed by atoms with E-state index in [-0.39, 0.29) is 0 Å². The third-order valence-electron chi connectivity index (χ3n) is 3.32. The normalized spacial score (nSPS) is 12.0. The van der Waals surface area contributed by atoms with Crippen molar-refractivity contribution < 1.29 is 0 Å². The summed E-state index contributed by atoms with van der Waals surface area (Å²) in [6.45, 7) is 5.85. The number of aliphatic imine (C=N–C) groups is 1. The Hall–Kier alpha value is -1.89. The summed E-state index contributed by atoms with van der Waals surface area (Å²) in [7, 11) is 3.71. The number of aromatic nitrogens is 3. The lowest BCUT2D eigenvalue weighted by Crippen LogP contribution is -2.38. The van der Waals surface area contributed by atoms with Crippen molar-refractivity contribution in [3.05, 3.63) is 34.0 Å². The van der Waals surface area contributed by atoms with E-state index in [0.717, 1.165) is 30.3 Å². The molecule has 120 valence electrons. The van der Waals surface area contributed by atoms with E-state index in [2.05, 4.69) is 44.9 Å². The van der Waals surface area contributed by atoms with Crippen molar-refractivity contribution in [1.29, 1.82) is 0 Å². The molecule has 0 saturated carbocycles. The Morgan fingerprint density at radius 1 is 1.41 bits per heavy atom. The van der Waals surface area contributed by atoms with Gasteiger partial charge in [-0.3, -0.25) is 9.67 Å². The molecule has 7 heteroatoms. The van der Waals surface area contributed by atoms with Crippen LogP contribution >= 0.6 is 11.3 Å². The summed E-state index contributed by atoms with van der Waals surface area (Å²) >= 11 is 1.74. The van der Waals surface area contributed by atoms with Crippen LogP contribution in [0.5, 0.6) is 0 Å². The van der Waals surface area contributed by atoms with E-state index in [1.54, 1.807) is 24.6 Å². The first-order valence-electron chi connectivity index (χ1n) is 7.46. The Kier molecular flexibility index (Phi) is 5.94. The minimum Gasteiger partial charge on any atom is -0.356 e. The Morgan fingerprint density at radius 2 is 2.23 bits per heavy atom. The van der Waals surface area contributed by atoms with Gasteiger partial charge >= 0.3 is 0 Å². The van der Waals surface area contributed by atoms with E-state index in [4.69, 9.17) is 0 Å². The van der Waals surface area contributed by atoms with Gasteiger partial charge in [0.05, 0.1) is 22.9 Å². The number of aryl methyl sites for hydroxylation is 1. The molecule has 6 nitrogen and oxygen atoms in total. The van der Waals surface area contributed by atoms with Crippen molar-refractivity contribution in [3.63, 3.8) is 0 Å². The van der Waals surface area contributed by atoms with Crippen molar-refractivity contribution >= 4 is 17.3 Å². The van der Waals surface area contributed by atoms with Crippen molar-refractivity contribution in [1.82, 2.24) is 25.4 Å². The maximum Gasteiger partial charge on any atom is 0.191 e. The predicted molar refractivity (Wildman–Crippen MR) is 91.3 cm³/mol. The zero-order chi connectivity index (χ0) is 15.9. The fraction of sp³-hybridized carbons (Fsp3) is 0.533. The van der Waals surface area contributed by atoms with Gasteiger partial charge in [0.2, 0.25) is 0 Å². The lowest BCUT2D eigenvalue weighted by Gasteiger charge is -2.11. The van der Waals surface area contributed by atoms with Crippen LogP contribution < -0.4 is 10.6 Å². The van der Waals surface area contributed by atoms with Crippen LogP contribution in [0.3, 0.4) is 0 Å². The predicted octanol–water partition coefficient (Wildman–Crippen LogP) is 1.91. The summed E-state index contributed by atoms with van der Waals surface area (Å²) in [6.07, 6.45) is 2.69. The van der Waals surface area contributed by atoms with Gasteiger partial charge in [-0.05, 0) is 6.07 Å². The van der Waals surface area contributed by atoms with E-state index in [1.807, 2.05) is 17.8 Å². The van der Waals surface area contributed by atoms with Crippen LogP contribution in [-0.2, 0) is 20.0 Å². The highest BCUT2D eigenvalue weighted by Crippen LogP contribution is 2.19. The largest absolute Gasteiger partial charge is 0.356 e. The lowest BCUT2D eigenvalue weighted by molar-refractivity contribution is 0.683. The van der Waals surface area contributed by atoms with Crippen molar-refractivity contribution in [2.75, 3.05) is 13.6 Å². The van der Waals surface area contributed by atoms with Crippen molar-refractivity contribution in [2.24, 2.45) is 12.0 Å². The fourth-order valence-electron chi connectivity index (χ4n) is 1.98. The second kappa shape index (κ2) is 7.93. The molecule has 2 heterocycles. The molecule has 0 fully saturated rings. The van der Waals surface area contributed by atoms with Crippen LogP contribution in [0, 0.1) is 0 Å². The molecule has 0 aliphatic carbocycles. The maximum absolute atomic E-state index is 4.64. The molecular weight excluding hydrogens is 296 g/mol. The number of rotatable bonds is 6. The number of thiazole rings is 1. The van der Waals surface area contributed by atoms with E-state index in [0.29, 0.717) is 12.5 Å². The molecule has 0 aliphatic rings. The number of guanidine groups is 1. The monoisotopic (exact) mass is 320 g/mol. The molecule has 0 amide bonds. The molecule has 2 N–H and O–H groups in total. The standard InChI is InChI=1S/C15H24N6S/c1-11(2)14-20-12(10-22-14)5-7-17-15(16-3)18-9-13-6-8-19-21(13)4/h6,8,10-11H,5,7,9H2,1-4H3,(H2,16,17,18). The molecule has 0 saturated heterocycles. The highest BCUT2D eigenvalue weighted by atomic mass is 32.1. The van der Waals surface area contributed by atoms with Crippen molar-refractivity contribution in [2.45, 2.75) is 32.7 Å². The molecule has 0 unspecified atom stereocenters. The number of hydrogen-bond acceptors (Lipinski definition) is 4. The third kappa shape index (κ3) is 4.56. The minimum atomic E-state index is 0.500. The summed E-state index contributed by atoms with van der Waals surface area (Å²) in [4.78, 5) is 8.87. The van der Waals surface area contributed by atoms with Crippen LogP contribution in [0.4, 0.5) is 0 Å². The molecule has 0 atom stereocenters. The Morgan fingerprint density at radius 3 is 2.82 bits per heavy atom. The van der Waals surface area contributed by atoms with Crippen LogP contribution in [0.25, 0.3) is 0 Å². The molecule has 0 spiro atoms. The molecule has 2 aromatic rings. The van der Waals surface area contributed by atoms with Gasteiger partial charge in [-0.2, -0.15) is 5.10 Å². The van der Waals surface area contributed by atoms with Gasteiger partial charge in [0, 0.05) is 44.6 Å². The molecule has 0 aliphatic heterocycles. The zero-order valence-corrected chi connectivity index (χ0v) is 14.4. The fourth-order valence-corrected chi connectivity index (χ4v) is 2.85. The molecular formula is C15H24N6S. The second-order valence-electron chi connectivity index (χ2n) is 5.38. The van der Waals surface area contributed by atoms with Crippen LogP contribution in [0.2, 0.25) is 0 Å². The van der Waals surface area contributed by atoms with Gasteiger partial charge in [-0.15, -0.1) is 11.3 Å². The first kappa shape index (κ1) is 16.5. The number of nitrogens with one attached hydrogen (secondary N) is 2. The smallest absolute Gasteiger partial charge is 0.191 e. The molecule has 22 heavy (non-hydrogen) atoms. The van der Waals surface area contributed by atoms with Gasteiger partial charge < -0.3 is 10.6 Å². The molecule has 2 aromatic heterocycles. The van der Waals surface area contributed by atoms with Crippen LogP contribution in [0.1, 0.15) is 36.2 Å². The summed E-state index contributed by atoms with van der Waals surface area (Å²) in [5.41, 5.74) is 2.26. The quantitative estimate of drug-likeness (QED) is 0.630. The van der Waals surface area contributed by atoms with E-state index >= 15 is 0 Å². The van der Waals surface area contributed by atoms with Gasteiger partial charge in [-0.25, -0.2) is 4.98 Å². The summed E-state index contributed by atoms with van der Waals surface area (Å²) in [5.74, 6) is 1.29.